The van der Waals surface area contributed by atoms with E-state index in [0.29, 0.717) is 17.9 Å². The highest BCUT2D eigenvalue weighted by Gasteiger charge is 2.15. The van der Waals surface area contributed by atoms with Gasteiger partial charge in [-0.05, 0) is 49.1 Å². The van der Waals surface area contributed by atoms with Gasteiger partial charge in [-0.1, -0.05) is 24.3 Å². The first kappa shape index (κ1) is 16.4. The molecule has 1 aliphatic heterocycles. The number of fused-ring (bicyclic) bond motifs is 1. The number of ether oxygens (including phenoxy) is 1. The smallest absolute Gasteiger partial charge is 0.251 e. The van der Waals surface area contributed by atoms with Crippen molar-refractivity contribution in [1.82, 2.24) is 5.32 Å². The lowest BCUT2D eigenvalue weighted by atomic mass is 10.0. The lowest BCUT2D eigenvalue weighted by molar-refractivity contribution is 0.0953. The van der Waals surface area contributed by atoms with Crippen molar-refractivity contribution in [2.24, 2.45) is 0 Å². The summed E-state index contributed by atoms with van der Waals surface area (Å²) in [6.07, 6.45) is 3.30. The first-order chi connectivity index (χ1) is 11.8. The molecule has 0 atom stereocenters. The third-order valence-electron chi connectivity index (χ3n) is 4.43. The number of rotatable bonds is 6. The molecule has 3 rings (SSSR count). The molecule has 0 aromatic heterocycles. The average Bonchev–Trinajstić information content (AvgIpc) is 2.65. The summed E-state index contributed by atoms with van der Waals surface area (Å²) < 4.78 is 5.16. The quantitative estimate of drug-likeness (QED) is 0.829. The molecule has 4 heteroatoms. The zero-order valence-electron chi connectivity index (χ0n) is 14.1. The minimum atomic E-state index is -0.0482. The summed E-state index contributed by atoms with van der Waals surface area (Å²) in [4.78, 5) is 14.6. The number of methoxy groups -OCH3 is 1. The third kappa shape index (κ3) is 3.88. The molecule has 4 nitrogen and oxygen atoms in total. The molecule has 2 aromatic rings. The largest absolute Gasteiger partial charge is 0.497 e. The Balaban J connectivity index is 1.48. The van der Waals surface area contributed by atoms with E-state index in [0.717, 1.165) is 19.5 Å². The molecule has 0 fully saturated rings. The number of para-hydroxylation sites is 1. The van der Waals surface area contributed by atoms with Gasteiger partial charge in [0, 0.05) is 30.9 Å². The Labute approximate surface area is 143 Å². The maximum atomic E-state index is 12.2. The number of aryl methyl sites for hydroxylation is 1. The molecule has 126 valence electrons. The first-order valence-electron chi connectivity index (χ1n) is 8.53. The number of nitrogens with one attached hydrogen (secondary N) is 1. The Bertz CT molecular complexity index is 700. The van der Waals surface area contributed by atoms with Gasteiger partial charge in [-0.25, -0.2) is 0 Å². The molecule has 0 radical (unpaired) electrons. The Hall–Kier alpha value is -2.49. The Morgan fingerprint density at radius 2 is 2.08 bits per heavy atom. The fourth-order valence-electron chi connectivity index (χ4n) is 3.18. The minimum absolute atomic E-state index is 0.0482. The van der Waals surface area contributed by atoms with Gasteiger partial charge in [0.25, 0.3) is 5.91 Å². The van der Waals surface area contributed by atoms with Crippen LogP contribution in [0.1, 0.15) is 28.8 Å². The van der Waals surface area contributed by atoms with Crippen LogP contribution in [0.5, 0.6) is 5.75 Å². The van der Waals surface area contributed by atoms with Crippen LogP contribution in [0, 0.1) is 0 Å². The lowest BCUT2D eigenvalue weighted by Crippen LogP contribution is -2.33. The molecular weight excluding hydrogens is 300 g/mol. The zero-order chi connectivity index (χ0) is 16.8. The normalized spacial score (nSPS) is 13.3. The lowest BCUT2D eigenvalue weighted by Gasteiger charge is -2.31. The van der Waals surface area contributed by atoms with E-state index in [1.54, 1.807) is 19.2 Å². The Morgan fingerprint density at radius 1 is 1.21 bits per heavy atom. The SMILES string of the molecule is COc1cccc(C(=O)NCCCN2CCCc3ccccc32)c1. The number of anilines is 1. The van der Waals surface area contributed by atoms with Crippen LogP contribution in [0.3, 0.4) is 0 Å². The highest BCUT2D eigenvalue weighted by Crippen LogP contribution is 2.26. The number of hydrogen-bond donors (Lipinski definition) is 1. The monoisotopic (exact) mass is 324 g/mol. The minimum Gasteiger partial charge on any atom is -0.497 e. The molecule has 0 aliphatic carbocycles. The van der Waals surface area contributed by atoms with E-state index in [-0.39, 0.29) is 5.91 Å². The predicted octanol–water partition coefficient (Wildman–Crippen LogP) is 3.27. The summed E-state index contributed by atoms with van der Waals surface area (Å²) in [5.74, 6) is 0.653. The summed E-state index contributed by atoms with van der Waals surface area (Å²) in [6, 6.07) is 15.9. The maximum absolute atomic E-state index is 12.2. The Morgan fingerprint density at radius 3 is 2.96 bits per heavy atom. The van der Waals surface area contributed by atoms with Crippen LogP contribution in [-0.2, 0) is 6.42 Å². The van der Waals surface area contributed by atoms with Crippen molar-refractivity contribution in [2.45, 2.75) is 19.3 Å². The number of hydrogen-bond acceptors (Lipinski definition) is 3. The molecule has 1 heterocycles. The molecule has 0 saturated carbocycles. The van der Waals surface area contributed by atoms with Gasteiger partial charge in [-0.2, -0.15) is 0 Å². The van der Waals surface area contributed by atoms with Gasteiger partial charge in [-0.3, -0.25) is 4.79 Å². The van der Waals surface area contributed by atoms with Gasteiger partial charge in [0.15, 0.2) is 0 Å². The molecule has 1 N–H and O–H groups in total. The van der Waals surface area contributed by atoms with Crippen LogP contribution in [0.2, 0.25) is 0 Å². The molecule has 1 amide bonds. The van der Waals surface area contributed by atoms with Crippen molar-refractivity contribution in [3.8, 4) is 5.75 Å². The summed E-state index contributed by atoms with van der Waals surface area (Å²) in [7, 11) is 1.60. The Kier molecular flexibility index (Phi) is 5.36. The molecule has 2 aromatic carbocycles. The van der Waals surface area contributed by atoms with E-state index in [4.69, 9.17) is 4.74 Å². The number of benzene rings is 2. The van der Waals surface area contributed by atoms with Gasteiger partial charge in [0.1, 0.15) is 5.75 Å². The second-order valence-electron chi connectivity index (χ2n) is 6.06. The molecule has 0 saturated heterocycles. The van der Waals surface area contributed by atoms with Crippen molar-refractivity contribution in [2.75, 3.05) is 31.6 Å². The second kappa shape index (κ2) is 7.86. The fourth-order valence-corrected chi connectivity index (χ4v) is 3.18. The van der Waals surface area contributed by atoms with Gasteiger partial charge < -0.3 is 15.0 Å². The van der Waals surface area contributed by atoms with Crippen molar-refractivity contribution >= 4 is 11.6 Å². The zero-order valence-corrected chi connectivity index (χ0v) is 14.1. The first-order valence-corrected chi connectivity index (χ1v) is 8.53. The third-order valence-corrected chi connectivity index (χ3v) is 4.43. The predicted molar refractivity (Wildman–Crippen MR) is 96.9 cm³/mol. The van der Waals surface area contributed by atoms with E-state index in [1.165, 1.54) is 24.1 Å². The highest BCUT2D eigenvalue weighted by atomic mass is 16.5. The van der Waals surface area contributed by atoms with E-state index >= 15 is 0 Å². The van der Waals surface area contributed by atoms with Crippen LogP contribution < -0.4 is 15.0 Å². The molecule has 1 aliphatic rings. The van der Waals surface area contributed by atoms with Crippen LogP contribution in [-0.4, -0.2) is 32.7 Å². The van der Waals surface area contributed by atoms with Crippen LogP contribution in [0.25, 0.3) is 0 Å². The van der Waals surface area contributed by atoms with Crippen molar-refractivity contribution < 1.29 is 9.53 Å². The number of nitrogens with zero attached hydrogens (tertiary/aromatic N) is 1. The van der Waals surface area contributed by atoms with Gasteiger partial charge in [0.2, 0.25) is 0 Å². The molecule has 0 spiro atoms. The highest BCUT2D eigenvalue weighted by molar-refractivity contribution is 5.94. The van der Waals surface area contributed by atoms with Gasteiger partial charge in [-0.15, -0.1) is 0 Å². The molecule has 0 bridgehead atoms. The summed E-state index contributed by atoms with van der Waals surface area (Å²) in [5, 5.41) is 2.99. The van der Waals surface area contributed by atoms with E-state index < -0.39 is 0 Å². The van der Waals surface area contributed by atoms with E-state index in [9.17, 15) is 4.79 Å². The summed E-state index contributed by atoms with van der Waals surface area (Å²) >= 11 is 0. The van der Waals surface area contributed by atoms with Gasteiger partial charge in [0.05, 0.1) is 7.11 Å². The van der Waals surface area contributed by atoms with Crippen LogP contribution in [0.15, 0.2) is 48.5 Å². The number of carbonyl (C=O) groups excluding carboxylic acids is 1. The molecule has 0 unspecified atom stereocenters. The summed E-state index contributed by atoms with van der Waals surface area (Å²) in [5.41, 5.74) is 3.42. The summed E-state index contributed by atoms with van der Waals surface area (Å²) in [6.45, 7) is 2.74. The molecule has 24 heavy (non-hydrogen) atoms. The topological polar surface area (TPSA) is 41.6 Å². The van der Waals surface area contributed by atoms with E-state index in [1.807, 2.05) is 12.1 Å². The maximum Gasteiger partial charge on any atom is 0.251 e. The number of carbonyl (C=O) groups is 1. The number of amides is 1. The van der Waals surface area contributed by atoms with Crippen LogP contribution >= 0.6 is 0 Å². The fraction of sp³-hybridized carbons (Fsp3) is 0.350. The van der Waals surface area contributed by atoms with Crippen molar-refractivity contribution in [3.05, 3.63) is 59.7 Å². The van der Waals surface area contributed by atoms with Crippen molar-refractivity contribution in [1.29, 1.82) is 0 Å². The molecular formula is C20H24N2O2. The van der Waals surface area contributed by atoms with Gasteiger partial charge >= 0.3 is 0 Å². The van der Waals surface area contributed by atoms with Crippen molar-refractivity contribution in [3.63, 3.8) is 0 Å². The standard InChI is InChI=1S/C20H24N2O2/c1-24-18-10-4-8-17(15-18)20(23)21-12-6-14-22-13-5-9-16-7-2-3-11-19(16)22/h2-4,7-8,10-11,15H,5-6,9,12-14H2,1H3,(H,21,23). The second-order valence-corrected chi connectivity index (χ2v) is 6.06. The average molecular weight is 324 g/mol. The van der Waals surface area contributed by atoms with Crippen LogP contribution in [0.4, 0.5) is 5.69 Å². The van der Waals surface area contributed by atoms with E-state index in [2.05, 4.69) is 34.5 Å².